The normalized spacial score (nSPS) is 19.8. The minimum absolute atomic E-state index is 0.427. The molecule has 0 aromatic carbocycles. The molecule has 1 aromatic heterocycles. The van der Waals surface area contributed by atoms with Gasteiger partial charge < -0.3 is 15.4 Å². The van der Waals surface area contributed by atoms with Crippen LogP contribution in [-0.4, -0.2) is 35.7 Å². The van der Waals surface area contributed by atoms with Crippen LogP contribution in [0, 0.1) is 6.92 Å². The Morgan fingerprint density at radius 3 is 3.12 bits per heavy atom. The monoisotopic (exact) mass is 222 g/mol. The lowest BCUT2D eigenvalue weighted by atomic mass is 10.3. The number of ether oxygens (including phenoxy) is 1. The maximum absolute atomic E-state index is 5.39. The minimum atomic E-state index is 0.427. The van der Waals surface area contributed by atoms with Gasteiger partial charge in [0.2, 0.25) is 11.8 Å². The van der Waals surface area contributed by atoms with Crippen LogP contribution >= 0.6 is 0 Å². The highest BCUT2D eigenvalue weighted by atomic mass is 16.5. The molecule has 0 spiro atoms. The Bertz CT molecular complexity index is 350. The fraction of sp³-hybridized carbons (Fsp3) is 0.636. The summed E-state index contributed by atoms with van der Waals surface area (Å²) in [6.07, 6.45) is 1.11. The molecule has 0 aliphatic carbocycles. The van der Waals surface area contributed by atoms with Crippen LogP contribution in [0.4, 0.5) is 5.95 Å². The largest absolute Gasteiger partial charge is 0.478 e. The van der Waals surface area contributed by atoms with Crippen LogP contribution in [-0.2, 0) is 0 Å². The van der Waals surface area contributed by atoms with E-state index in [9.17, 15) is 0 Å². The molecule has 1 unspecified atom stereocenters. The first-order valence-corrected chi connectivity index (χ1v) is 5.73. The SMILES string of the molecule is CCOc1cc(C)nc(NC2CCNC2)n1. The van der Waals surface area contributed by atoms with E-state index in [1.54, 1.807) is 0 Å². The molecule has 1 saturated heterocycles. The number of hydrogen-bond donors (Lipinski definition) is 2. The van der Waals surface area contributed by atoms with Gasteiger partial charge in [0.15, 0.2) is 0 Å². The molecule has 2 N–H and O–H groups in total. The predicted molar refractivity (Wildman–Crippen MR) is 62.8 cm³/mol. The Balaban J connectivity index is 2.06. The van der Waals surface area contributed by atoms with Crippen molar-refractivity contribution in [1.29, 1.82) is 0 Å². The second-order valence-corrected chi connectivity index (χ2v) is 3.94. The molecule has 5 nitrogen and oxygen atoms in total. The highest BCUT2D eigenvalue weighted by molar-refractivity contribution is 5.32. The first-order chi connectivity index (χ1) is 7.78. The third-order valence-corrected chi connectivity index (χ3v) is 2.52. The lowest BCUT2D eigenvalue weighted by molar-refractivity contribution is 0.326. The van der Waals surface area contributed by atoms with Crippen molar-refractivity contribution in [3.05, 3.63) is 11.8 Å². The molecule has 88 valence electrons. The van der Waals surface area contributed by atoms with Gasteiger partial charge in [0.25, 0.3) is 0 Å². The smallest absolute Gasteiger partial charge is 0.226 e. The average molecular weight is 222 g/mol. The van der Waals surface area contributed by atoms with Gasteiger partial charge >= 0.3 is 0 Å². The van der Waals surface area contributed by atoms with E-state index < -0.39 is 0 Å². The Morgan fingerprint density at radius 2 is 2.44 bits per heavy atom. The van der Waals surface area contributed by atoms with Gasteiger partial charge in [-0.3, -0.25) is 0 Å². The lowest BCUT2D eigenvalue weighted by Crippen LogP contribution is -2.23. The molecule has 1 aliphatic rings. The van der Waals surface area contributed by atoms with Crippen LogP contribution in [0.2, 0.25) is 0 Å². The van der Waals surface area contributed by atoms with Gasteiger partial charge in [-0.05, 0) is 26.8 Å². The molecular weight excluding hydrogens is 204 g/mol. The maximum Gasteiger partial charge on any atom is 0.226 e. The topological polar surface area (TPSA) is 59.1 Å². The predicted octanol–water partition coefficient (Wildman–Crippen LogP) is 0.958. The molecule has 2 rings (SSSR count). The molecule has 16 heavy (non-hydrogen) atoms. The van der Waals surface area contributed by atoms with E-state index in [-0.39, 0.29) is 0 Å². The van der Waals surface area contributed by atoms with E-state index in [0.29, 0.717) is 24.5 Å². The van der Waals surface area contributed by atoms with E-state index in [0.717, 1.165) is 25.2 Å². The summed E-state index contributed by atoms with van der Waals surface area (Å²) in [5, 5.41) is 6.61. The Hall–Kier alpha value is -1.36. The summed E-state index contributed by atoms with van der Waals surface area (Å²) in [5.41, 5.74) is 0.923. The van der Waals surface area contributed by atoms with Crippen LogP contribution in [0.3, 0.4) is 0 Å². The molecule has 0 saturated carbocycles. The van der Waals surface area contributed by atoms with E-state index >= 15 is 0 Å². The van der Waals surface area contributed by atoms with E-state index in [1.807, 2.05) is 19.9 Å². The molecular formula is C11H18N4O. The third-order valence-electron chi connectivity index (χ3n) is 2.52. The minimum Gasteiger partial charge on any atom is -0.478 e. The molecule has 5 heteroatoms. The Kier molecular flexibility index (Phi) is 3.56. The standard InChI is InChI=1S/C11H18N4O/c1-3-16-10-6-8(2)13-11(15-10)14-9-4-5-12-7-9/h6,9,12H,3-5,7H2,1-2H3,(H,13,14,15). The first-order valence-electron chi connectivity index (χ1n) is 5.73. The van der Waals surface area contributed by atoms with E-state index in [4.69, 9.17) is 4.74 Å². The fourth-order valence-electron chi connectivity index (χ4n) is 1.79. The fourth-order valence-corrected chi connectivity index (χ4v) is 1.79. The summed E-state index contributed by atoms with van der Waals surface area (Å²) in [7, 11) is 0. The summed E-state index contributed by atoms with van der Waals surface area (Å²) >= 11 is 0. The number of aryl methyl sites for hydroxylation is 1. The van der Waals surface area contributed by atoms with Crippen LogP contribution in [0.1, 0.15) is 19.0 Å². The number of nitrogens with one attached hydrogen (secondary N) is 2. The van der Waals surface area contributed by atoms with Gasteiger partial charge in [-0.1, -0.05) is 0 Å². The quantitative estimate of drug-likeness (QED) is 0.794. The van der Waals surface area contributed by atoms with Crippen molar-refractivity contribution in [3.63, 3.8) is 0 Å². The molecule has 0 radical (unpaired) electrons. The van der Waals surface area contributed by atoms with Crippen molar-refractivity contribution in [2.24, 2.45) is 0 Å². The maximum atomic E-state index is 5.39. The Morgan fingerprint density at radius 1 is 1.56 bits per heavy atom. The lowest BCUT2D eigenvalue weighted by Gasteiger charge is -2.12. The van der Waals surface area contributed by atoms with Gasteiger partial charge in [-0.2, -0.15) is 4.98 Å². The molecule has 1 aromatic rings. The van der Waals surface area contributed by atoms with Crippen LogP contribution in [0.25, 0.3) is 0 Å². The van der Waals surface area contributed by atoms with Gasteiger partial charge in [0, 0.05) is 24.3 Å². The van der Waals surface area contributed by atoms with Crippen LogP contribution in [0.5, 0.6) is 5.88 Å². The van der Waals surface area contributed by atoms with Crippen molar-refractivity contribution in [1.82, 2.24) is 15.3 Å². The molecule has 1 fully saturated rings. The van der Waals surface area contributed by atoms with Gasteiger partial charge in [-0.15, -0.1) is 0 Å². The van der Waals surface area contributed by atoms with Crippen molar-refractivity contribution >= 4 is 5.95 Å². The molecule has 1 aliphatic heterocycles. The average Bonchev–Trinajstić information content (AvgIpc) is 2.70. The molecule has 2 heterocycles. The summed E-state index contributed by atoms with van der Waals surface area (Å²) in [5.74, 6) is 1.31. The van der Waals surface area contributed by atoms with Gasteiger partial charge in [0.1, 0.15) is 0 Å². The zero-order valence-corrected chi connectivity index (χ0v) is 9.79. The van der Waals surface area contributed by atoms with E-state index in [2.05, 4.69) is 20.6 Å². The zero-order chi connectivity index (χ0) is 11.4. The zero-order valence-electron chi connectivity index (χ0n) is 9.79. The van der Waals surface area contributed by atoms with Gasteiger partial charge in [-0.25, -0.2) is 4.98 Å². The van der Waals surface area contributed by atoms with Crippen molar-refractivity contribution in [2.45, 2.75) is 26.3 Å². The number of rotatable bonds is 4. The molecule has 0 amide bonds. The first kappa shape index (κ1) is 11.1. The number of nitrogens with zero attached hydrogens (tertiary/aromatic N) is 2. The summed E-state index contributed by atoms with van der Waals surface area (Å²) in [6, 6.07) is 2.28. The third kappa shape index (κ3) is 2.82. The number of hydrogen-bond acceptors (Lipinski definition) is 5. The highest BCUT2D eigenvalue weighted by Gasteiger charge is 2.15. The summed E-state index contributed by atoms with van der Waals surface area (Å²) in [4.78, 5) is 8.66. The molecule has 1 atom stereocenters. The molecule has 0 bridgehead atoms. The van der Waals surface area contributed by atoms with Crippen molar-refractivity contribution in [2.75, 3.05) is 25.0 Å². The van der Waals surface area contributed by atoms with Crippen molar-refractivity contribution < 1.29 is 4.74 Å². The van der Waals surface area contributed by atoms with Crippen molar-refractivity contribution in [3.8, 4) is 5.88 Å². The second kappa shape index (κ2) is 5.12. The summed E-state index contributed by atoms with van der Waals surface area (Å²) in [6.45, 7) is 6.55. The van der Waals surface area contributed by atoms with E-state index in [1.165, 1.54) is 0 Å². The number of aromatic nitrogens is 2. The second-order valence-electron chi connectivity index (χ2n) is 3.94. The van der Waals surface area contributed by atoms with Crippen LogP contribution in [0.15, 0.2) is 6.07 Å². The summed E-state index contributed by atoms with van der Waals surface area (Å²) < 4.78 is 5.39. The Labute approximate surface area is 95.6 Å². The number of anilines is 1. The van der Waals surface area contributed by atoms with Gasteiger partial charge in [0.05, 0.1) is 6.61 Å². The van der Waals surface area contributed by atoms with Crippen LogP contribution < -0.4 is 15.4 Å². The highest BCUT2D eigenvalue weighted by Crippen LogP contribution is 2.13.